The molecule has 0 bridgehead atoms. The van der Waals surface area contributed by atoms with E-state index < -0.39 is 11.7 Å². The standard InChI is InChI=1S/C13H15F3N2O2/c14-13(15,16)11-4-2-1-3-9(11)6-18-7-10(5-17)20-8-12(18)19/h1-4,10H,5-8,17H2. The fourth-order valence-electron chi connectivity index (χ4n) is 2.12. The number of carbonyl (C=O) groups excluding carboxylic acids is 1. The minimum Gasteiger partial charge on any atom is -0.365 e. The number of nitrogens with zero attached hydrogens (tertiary/aromatic N) is 1. The third-order valence-corrected chi connectivity index (χ3v) is 3.17. The van der Waals surface area contributed by atoms with Crippen molar-refractivity contribution in [2.75, 3.05) is 19.7 Å². The van der Waals surface area contributed by atoms with E-state index in [1.165, 1.54) is 23.1 Å². The van der Waals surface area contributed by atoms with E-state index in [0.29, 0.717) is 0 Å². The van der Waals surface area contributed by atoms with Gasteiger partial charge in [-0.25, -0.2) is 0 Å². The monoisotopic (exact) mass is 288 g/mol. The number of carbonyl (C=O) groups is 1. The second-order valence-electron chi connectivity index (χ2n) is 4.60. The summed E-state index contributed by atoms with van der Waals surface area (Å²) >= 11 is 0. The molecule has 0 aromatic heterocycles. The molecular formula is C13H15F3N2O2. The van der Waals surface area contributed by atoms with Crippen LogP contribution in [0.5, 0.6) is 0 Å². The highest BCUT2D eigenvalue weighted by Crippen LogP contribution is 2.32. The second kappa shape index (κ2) is 5.80. The molecule has 20 heavy (non-hydrogen) atoms. The van der Waals surface area contributed by atoms with Crippen LogP contribution in [0, 0.1) is 0 Å². The van der Waals surface area contributed by atoms with Crippen molar-refractivity contribution in [3.8, 4) is 0 Å². The van der Waals surface area contributed by atoms with Crippen LogP contribution >= 0.6 is 0 Å². The van der Waals surface area contributed by atoms with E-state index in [-0.39, 0.29) is 43.8 Å². The molecule has 1 aromatic carbocycles. The normalized spacial score (nSPS) is 20.3. The Morgan fingerprint density at radius 2 is 2.05 bits per heavy atom. The van der Waals surface area contributed by atoms with Crippen LogP contribution in [0.2, 0.25) is 0 Å². The highest BCUT2D eigenvalue weighted by atomic mass is 19.4. The number of hydrogen-bond donors (Lipinski definition) is 1. The zero-order valence-electron chi connectivity index (χ0n) is 10.7. The Hall–Kier alpha value is -1.60. The lowest BCUT2D eigenvalue weighted by atomic mass is 10.1. The number of morpholine rings is 1. The van der Waals surface area contributed by atoms with Crippen molar-refractivity contribution < 1.29 is 22.7 Å². The Morgan fingerprint density at radius 3 is 2.70 bits per heavy atom. The molecule has 1 saturated heterocycles. The third-order valence-electron chi connectivity index (χ3n) is 3.17. The van der Waals surface area contributed by atoms with E-state index in [4.69, 9.17) is 10.5 Å². The van der Waals surface area contributed by atoms with Crippen molar-refractivity contribution in [3.05, 3.63) is 35.4 Å². The molecule has 1 aromatic rings. The predicted octanol–water partition coefficient (Wildman–Crippen LogP) is 1.39. The van der Waals surface area contributed by atoms with Gasteiger partial charge in [-0.1, -0.05) is 18.2 Å². The first-order valence-corrected chi connectivity index (χ1v) is 6.16. The number of ether oxygens (including phenoxy) is 1. The van der Waals surface area contributed by atoms with Gasteiger partial charge in [-0.15, -0.1) is 0 Å². The van der Waals surface area contributed by atoms with Gasteiger partial charge in [-0.2, -0.15) is 13.2 Å². The first-order valence-electron chi connectivity index (χ1n) is 6.16. The highest BCUT2D eigenvalue weighted by molar-refractivity contribution is 5.78. The van der Waals surface area contributed by atoms with Gasteiger partial charge in [-0.3, -0.25) is 4.79 Å². The summed E-state index contributed by atoms with van der Waals surface area (Å²) in [6.07, 6.45) is -4.76. The van der Waals surface area contributed by atoms with Crippen molar-refractivity contribution in [2.45, 2.75) is 18.8 Å². The van der Waals surface area contributed by atoms with Crippen molar-refractivity contribution in [1.82, 2.24) is 4.90 Å². The lowest BCUT2D eigenvalue weighted by Crippen LogP contribution is -2.48. The van der Waals surface area contributed by atoms with Gasteiger partial charge in [-0.05, 0) is 11.6 Å². The minimum atomic E-state index is -4.43. The number of rotatable bonds is 3. The van der Waals surface area contributed by atoms with E-state index in [2.05, 4.69) is 0 Å². The van der Waals surface area contributed by atoms with Crippen molar-refractivity contribution in [2.24, 2.45) is 5.73 Å². The molecule has 0 aliphatic carbocycles. The van der Waals surface area contributed by atoms with Crippen LogP contribution in [0.3, 0.4) is 0 Å². The topological polar surface area (TPSA) is 55.6 Å². The van der Waals surface area contributed by atoms with E-state index in [1.807, 2.05) is 0 Å². The minimum absolute atomic E-state index is 0.0750. The predicted molar refractivity (Wildman–Crippen MR) is 65.7 cm³/mol. The lowest BCUT2D eigenvalue weighted by molar-refractivity contribution is -0.150. The van der Waals surface area contributed by atoms with Crippen LogP contribution in [0.4, 0.5) is 13.2 Å². The van der Waals surface area contributed by atoms with Crippen molar-refractivity contribution in [3.63, 3.8) is 0 Å². The molecule has 7 heteroatoms. The van der Waals surface area contributed by atoms with E-state index >= 15 is 0 Å². The summed E-state index contributed by atoms with van der Waals surface area (Å²) < 4.78 is 43.8. The molecule has 0 saturated carbocycles. The maximum atomic E-state index is 12.9. The molecule has 1 amide bonds. The Labute approximate surface area is 114 Å². The Balaban J connectivity index is 2.19. The van der Waals surface area contributed by atoms with Crippen LogP contribution in [0.15, 0.2) is 24.3 Å². The average Bonchev–Trinajstić information content (AvgIpc) is 2.41. The summed E-state index contributed by atoms with van der Waals surface area (Å²) in [6, 6.07) is 5.25. The van der Waals surface area contributed by atoms with Crippen molar-refractivity contribution >= 4 is 5.91 Å². The third kappa shape index (κ3) is 3.29. The molecule has 1 atom stereocenters. The summed E-state index contributed by atoms with van der Waals surface area (Å²) in [5.74, 6) is -0.327. The highest BCUT2D eigenvalue weighted by Gasteiger charge is 2.34. The average molecular weight is 288 g/mol. The van der Waals surface area contributed by atoms with Gasteiger partial charge in [0, 0.05) is 19.6 Å². The molecule has 1 fully saturated rings. The number of halogens is 3. The molecule has 1 aliphatic rings. The Morgan fingerprint density at radius 1 is 1.35 bits per heavy atom. The fourth-order valence-corrected chi connectivity index (χ4v) is 2.12. The molecule has 0 radical (unpaired) electrons. The van der Waals surface area contributed by atoms with Gasteiger partial charge >= 0.3 is 6.18 Å². The van der Waals surface area contributed by atoms with Crippen molar-refractivity contribution in [1.29, 1.82) is 0 Å². The van der Waals surface area contributed by atoms with E-state index in [0.717, 1.165) is 6.07 Å². The first kappa shape index (κ1) is 14.8. The molecule has 1 heterocycles. The maximum Gasteiger partial charge on any atom is 0.416 e. The number of nitrogens with two attached hydrogens (primary N) is 1. The van der Waals surface area contributed by atoms with Crippen LogP contribution in [0.1, 0.15) is 11.1 Å². The Kier molecular flexibility index (Phi) is 4.29. The zero-order chi connectivity index (χ0) is 14.8. The van der Waals surface area contributed by atoms with Gasteiger partial charge in [0.15, 0.2) is 0 Å². The SMILES string of the molecule is NCC1CN(Cc2ccccc2C(F)(F)F)C(=O)CO1. The molecular weight excluding hydrogens is 273 g/mol. The van der Waals surface area contributed by atoms with Crippen LogP contribution in [-0.4, -0.2) is 36.6 Å². The summed E-state index contributed by atoms with van der Waals surface area (Å²) in [5.41, 5.74) is 4.82. The number of hydrogen-bond acceptors (Lipinski definition) is 3. The molecule has 2 N–H and O–H groups in total. The first-order chi connectivity index (χ1) is 9.41. The zero-order valence-corrected chi connectivity index (χ0v) is 10.7. The van der Waals surface area contributed by atoms with Gasteiger partial charge in [0.1, 0.15) is 6.61 Å². The fraction of sp³-hybridized carbons (Fsp3) is 0.462. The summed E-state index contributed by atoms with van der Waals surface area (Å²) in [4.78, 5) is 13.1. The summed E-state index contributed by atoms with van der Waals surface area (Å²) in [5, 5.41) is 0. The van der Waals surface area contributed by atoms with Gasteiger partial charge in [0.25, 0.3) is 0 Å². The van der Waals surface area contributed by atoms with E-state index in [1.54, 1.807) is 0 Å². The number of amides is 1. The molecule has 4 nitrogen and oxygen atoms in total. The largest absolute Gasteiger partial charge is 0.416 e. The number of benzene rings is 1. The van der Waals surface area contributed by atoms with Gasteiger partial charge in [0.2, 0.25) is 5.91 Å². The Bertz CT molecular complexity index is 491. The molecule has 2 rings (SSSR count). The summed E-state index contributed by atoms with van der Waals surface area (Å²) in [6.45, 7) is 0.205. The van der Waals surface area contributed by atoms with Crippen LogP contribution in [0.25, 0.3) is 0 Å². The lowest BCUT2D eigenvalue weighted by Gasteiger charge is -2.32. The number of alkyl halides is 3. The van der Waals surface area contributed by atoms with Crippen LogP contribution in [-0.2, 0) is 22.3 Å². The molecule has 0 spiro atoms. The molecule has 1 aliphatic heterocycles. The smallest absolute Gasteiger partial charge is 0.365 e. The second-order valence-corrected chi connectivity index (χ2v) is 4.60. The maximum absolute atomic E-state index is 12.9. The van der Waals surface area contributed by atoms with Gasteiger partial charge < -0.3 is 15.4 Å². The van der Waals surface area contributed by atoms with Crippen LogP contribution < -0.4 is 5.73 Å². The quantitative estimate of drug-likeness (QED) is 0.914. The van der Waals surface area contributed by atoms with Gasteiger partial charge in [0.05, 0.1) is 11.7 Å². The molecule has 1 unspecified atom stereocenters. The summed E-state index contributed by atoms with van der Waals surface area (Å²) in [7, 11) is 0. The molecule has 110 valence electrons. The van der Waals surface area contributed by atoms with E-state index in [9.17, 15) is 18.0 Å².